The average Bonchev–Trinajstić information content (AvgIpc) is 2.63. The van der Waals surface area contributed by atoms with Crippen molar-refractivity contribution in [2.45, 2.75) is 12.8 Å². The first-order valence-corrected chi connectivity index (χ1v) is 8.70. The predicted octanol–water partition coefficient (Wildman–Crippen LogP) is 1.07. The second-order valence-electron chi connectivity index (χ2n) is 6.56. The summed E-state index contributed by atoms with van der Waals surface area (Å²) in [4.78, 5) is 24.9. The van der Waals surface area contributed by atoms with Gasteiger partial charge in [-0.2, -0.15) is 0 Å². The van der Waals surface area contributed by atoms with Crippen molar-refractivity contribution in [3.63, 3.8) is 0 Å². The van der Waals surface area contributed by atoms with Crippen LogP contribution in [0.1, 0.15) is 12.8 Å². The van der Waals surface area contributed by atoms with Crippen molar-refractivity contribution in [1.29, 1.82) is 0 Å². The number of anilines is 1. The molecule has 1 aliphatic heterocycles. The summed E-state index contributed by atoms with van der Waals surface area (Å²) >= 11 is 0. The number of hydrogen-bond acceptors (Lipinski definition) is 2. The van der Waals surface area contributed by atoms with Gasteiger partial charge in [0.2, 0.25) is 5.91 Å². The van der Waals surface area contributed by atoms with Crippen LogP contribution in [0.2, 0.25) is 0 Å². The summed E-state index contributed by atoms with van der Waals surface area (Å²) in [5.41, 5.74) is 8.27. The molecule has 2 amide bonds. The monoisotopic (exact) mass is 338 g/mol. The number of amides is 2. The summed E-state index contributed by atoms with van der Waals surface area (Å²) in [5.74, 6) is -0.262. The molecule has 5 heteroatoms. The Morgan fingerprint density at radius 1 is 1.00 bits per heavy atom. The normalized spacial score (nSPS) is 20.0. The van der Waals surface area contributed by atoms with Crippen LogP contribution >= 0.6 is 0 Å². The van der Waals surface area contributed by atoms with E-state index < -0.39 is 0 Å². The Hall–Kier alpha value is -2.66. The van der Waals surface area contributed by atoms with Crippen molar-refractivity contribution in [2.75, 3.05) is 25.0 Å². The lowest BCUT2D eigenvalue weighted by molar-refractivity contribution is -0.897. The van der Waals surface area contributed by atoms with E-state index in [1.165, 1.54) is 4.90 Å². The summed E-state index contributed by atoms with van der Waals surface area (Å²) < 4.78 is 0. The number of para-hydroxylation sites is 1. The first-order chi connectivity index (χ1) is 12.1. The number of hydrogen-bond donors (Lipinski definition) is 3. The molecular formula is C20H24N3O2+. The molecule has 1 heterocycles. The van der Waals surface area contributed by atoms with Gasteiger partial charge < -0.3 is 16.0 Å². The molecule has 4 N–H and O–H groups in total. The molecule has 1 aliphatic rings. The smallest absolute Gasteiger partial charge is 0.279 e. The molecule has 2 aromatic carbocycles. The maximum atomic E-state index is 12.5. The average molecular weight is 338 g/mol. The zero-order valence-electron chi connectivity index (χ0n) is 14.2. The van der Waals surface area contributed by atoms with Gasteiger partial charge in [0.1, 0.15) is 0 Å². The third-order valence-corrected chi connectivity index (χ3v) is 4.79. The number of primary amides is 1. The van der Waals surface area contributed by atoms with Crippen LogP contribution in [0, 0.1) is 5.92 Å². The van der Waals surface area contributed by atoms with Gasteiger partial charge in [-0.1, -0.05) is 48.5 Å². The fraction of sp³-hybridized carbons (Fsp3) is 0.300. The third kappa shape index (κ3) is 4.45. The molecule has 1 fully saturated rings. The van der Waals surface area contributed by atoms with Gasteiger partial charge in [0, 0.05) is 30.0 Å². The number of rotatable bonds is 5. The van der Waals surface area contributed by atoms with E-state index >= 15 is 0 Å². The number of nitrogens with one attached hydrogen (secondary N) is 2. The Kier molecular flexibility index (Phi) is 5.46. The minimum atomic E-state index is -0.222. The second kappa shape index (κ2) is 7.94. The number of quaternary nitrogens is 1. The van der Waals surface area contributed by atoms with Gasteiger partial charge in [-0.15, -0.1) is 0 Å². The van der Waals surface area contributed by atoms with E-state index in [1.54, 1.807) is 0 Å². The molecule has 0 unspecified atom stereocenters. The lowest BCUT2D eigenvalue weighted by Crippen LogP contribution is -3.14. The first-order valence-electron chi connectivity index (χ1n) is 8.70. The standard InChI is InChI=1S/C20H23N3O2/c21-20(25)16-10-12-23(13-11-16)14-19(24)22-18-9-5-4-8-17(18)15-6-2-1-3-7-15/h1-9,16H,10-14H2,(H2,21,25)(H,22,24)/p+1. The maximum Gasteiger partial charge on any atom is 0.279 e. The summed E-state index contributed by atoms with van der Waals surface area (Å²) in [6.07, 6.45) is 1.52. The zero-order chi connectivity index (χ0) is 17.6. The summed E-state index contributed by atoms with van der Waals surface area (Å²) in [6.45, 7) is 2.03. The van der Waals surface area contributed by atoms with Crippen LogP contribution in [0.3, 0.4) is 0 Å². The van der Waals surface area contributed by atoms with Crippen molar-refractivity contribution in [1.82, 2.24) is 0 Å². The summed E-state index contributed by atoms with van der Waals surface area (Å²) in [7, 11) is 0. The van der Waals surface area contributed by atoms with Gasteiger partial charge in [0.05, 0.1) is 13.1 Å². The molecule has 25 heavy (non-hydrogen) atoms. The van der Waals surface area contributed by atoms with E-state index in [-0.39, 0.29) is 17.7 Å². The van der Waals surface area contributed by atoms with Crippen LogP contribution in [0.4, 0.5) is 5.69 Å². The van der Waals surface area contributed by atoms with Crippen LogP contribution in [-0.4, -0.2) is 31.4 Å². The Labute approximate surface area is 147 Å². The number of nitrogens with two attached hydrogens (primary N) is 1. The van der Waals surface area contributed by atoms with E-state index in [9.17, 15) is 9.59 Å². The predicted molar refractivity (Wildman–Crippen MR) is 98.0 cm³/mol. The van der Waals surface area contributed by atoms with Gasteiger partial charge in [-0.3, -0.25) is 9.59 Å². The Balaban J connectivity index is 1.62. The van der Waals surface area contributed by atoms with Gasteiger partial charge in [0.25, 0.3) is 5.91 Å². The molecule has 0 aromatic heterocycles. The number of benzene rings is 2. The quantitative estimate of drug-likeness (QED) is 0.763. The molecule has 0 radical (unpaired) electrons. The highest BCUT2D eigenvalue weighted by Gasteiger charge is 2.27. The van der Waals surface area contributed by atoms with E-state index in [0.717, 1.165) is 42.7 Å². The number of carbonyl (C=O) groups excluding carboxylic acids is 2. The Bertz CT molecular complexity index is 738. The molecule has 5 nitrogen and oxygen atoms in total. The molecular weight excluding hydrogens is 314 g/mol. The van der Waals surface area contributed by atoms with Crippen LogP contribution in [0.5, 0.6) is 0 Å². The molecule has 3 rings (SSSR count). The molecule has 1 saturated heterocycles. The summed E-state index contributed by atoms with van der Waals surface area (Å²) in [5, 5.41) is 3.04. The zero-order valence-corrected chi connectivity index (χ0v) is 14.2. The number of piperidine rings is 1. The van der Waals surface area contributed by atoms with Crippen molar-refractivity contribution in [2.24, 2.45) is 11.7 Å². The minimum absolute atomic E-state index is 0.00379. The Morgan fingerprint density at radius 3 is 2.32 bits per heavy atom. The topological polar surface area (TPSA) is 76.6 Å². The minimum Gasteiger partial charge on any atom is -0.369 e. The van der Waals surface area contributed by atoms with Crippen molar-refractivity contribution < 1.29 is 14.5 Å². The first kappa shape index (κ1) is 17.2. The molecule has 0 spiro atoms. The van der Waals surface area contributed by atoms with Crippen molar-refractivity contribution in [3.8, 4) is 11.1 Å². The SMILES string of the molecule is NC(=O)C1CC[NH+](CC(=O)Nc2ccccc2-c2ccccc2)CC1. The Morgan fingerprint density at radius 2 is 1.64 bits per heavy atom. The molecule has 0 bridgehead atoms. The van der Waals surface area contributed by atoms with Crippen LogP contribution in [0.25, 0.3) is 11.1 Å². The van der Waals surface area contributed by atoms with Gasteiger partial charge in [-0.25, -0.2) is 0 Å². The fourth-order valence-corrected chi connectivity index (χ4v) is 3.37. The van der Waals surface area contributed by atoms with Crippen LogP contribution in [-0.2, 0) is 9.59 Å². The van der Waals surface area contributed by atoms with E-state index in [0.29, 0.717) is 6.54 Å². The largest absolute Gasteiger partial charge is 0.369 e. The van der Waals surface area contributed by atoms with Crippen molar-refractivity contribution >= 4 is 17.5 Å². The molecule has 0 atom stereocenters. The molecule has 130 valence electrons. The third-order valence-electron chi connectivity index (χ3n) is 4.79. The van der Waals surface area contributed by atoms with Gasteiger partial charge in [0.15, 0.2) is 6.54 Å². The second-order valence-corrected chi connectivity index (χ2v) is 6.56. The van der Waals surface area contributed by atoms with Crippen molar-refractivity contribution in [3.05, 3.63) is 54.6 Å². The van der Waals surface area contributed by atoms with E-state index in [2.05, 4.69) is 5.32 Å². The van der Waals surface area contributed by atoms with Gasteiger partial charge in [-0.05, 0) is 11.6 Å². The van der Waals surface area contributed by atoms with Gasteiger partial charge >= 0.3 is 0 Å². The lowest BCUT2D eigenvalue weighted by Gasteiger charge is -2.27. The molecule has 0 saturated carbocycles. The summed E-state index contributed by atoms with van der Waals surface area (Å²) in [6, 6.07) is 17.8. The highest BCUT2D eigenvalue weighted by atomic mass is 16.2. The molecule has 2 aromatic rings. The van der Waals surface area contributed by atoms with Crippen LogP contribution < -0.4 is 16.0 Å². The fourth-order valence-electron chi connectivity index (χ4n) is 3.37. The highest BCUT2D eigenvalue weighted by Crippen LogP contribution is 2.27. The molecule has 0 aliphatic carbocycles. The highest BCUT2D eigenvalue weighted by molar-refractivity contribution is 5.96. The van der Waals surface area contributed by atoms with E-state index in [4.69, 9.17) is 5.73 Å². The lowest BCUT2D eigenvalue weighted by atomic mass is 9.96. The van der Waals surface area contributed by atoms with Crippen LogP contribution in [0.15, 0.2) is 54.6 Å². The number of carbonyl (C=O) groups is 2. The number of likely N-dealkylation sites (tertiary alicyclic amines) is 1. The van der Waals surface area contributed by atoms with E-state index in [1.807, 2.05) is 54.6 Å². The maximum absolute atomic E-state index is 12.5.